The SMILES string of the molecule is COC1C=CC(=O)CC1. The molecule has 0 aromatic heterocycles. The van der Waals surface area contributed by atoms with Gasteiger partial charge in [0.2, 0.25) is 0 Å². The van der Waals surface area contributed by atoms with Gasteiger partial charge in [-0.1, -0.05) is 6.08 Å². The lowest BCUT2D eigenvalue weighted by Crippen LogP contribution is -2.13. The van der Waals surface area contributed by atoms with Gasteiger partial charge >= 0.3 is 0 Å². The van der Waals surface area contributed by atoms with Gasteiger partial charge in [0.15, 0.2) is 5.78 Å². The van der Waals surface area contributed by atoms with Gasteiger partial charge in [-0.3, -0.25) is 4.79 Å². The number of rotatable bonds is 1. The molecule has 50 valence electrons. The van der Waals surface area contributed by atoms with Crippen LogP contribution >= 0.6 is 0 Å². The molecule has 9 heavy (non-hydrogen) atoms. The quantitative estimate of drug-likeness (QED) is 0.522. The number of methoxy groups -OCH3 is 1. The van der Waals surface area contributed by atoms with E-state index in [-0.39, 0.29) is 11.9 Å². The summed E-state index contributed by atoms with van der Waals surface area (Å²) in [5.74, 6) is 0.211. The molecule has 0 saturated carbocycles. The number of ketones is 1. The molecule has 0 saturated heterocycles. The zero-order valence-corrected chi connectivity index (χ0v) is 5.46. The summed E-state index contributed by atoms with van der Waals surface area (Å²) in [5.41, 5.74) is 0. The number of allylic oxidation sites excluding steroid dienone is 1. The molecule has 0 fully saturated rings. The molecular weight excluding hydrogens is 116 g/mol. The lowest BCUT2D eigenvalue weighted by molar-refractivity contribution is -0.115. The van der Waals surface area contributed by atoms with E-state index in [2.05, 4.69) is 0 Å². The maximum atomic E-state index is 10.6. The second kappa shape index (κ2) is 2.78. The Morgan fingerprint density at radius 1 is 1.78 bits per heavy atom. The maximum absolute atomic E-state index is 10.6. The predicted octanol–water partition coefficient (Wildman–Crippen LogP) is 0.921. The third-order valence-electron chi connectivity index (χ3n) is 1.47. The average Bonchev–Trinajstić information content (AvgIpc) is 1.90. The van der Waals surface area contributed by atoms with E-state index in [0.29, 0.717) is 6.42 Å². The van der Waals surface area contributed by atoms with Gasteiger partial charge in [-0.05, 0) is 12.5 Å². The molecule has 1 aliphatic carbocycles. The molecule has 0 aromatic carbocycles. The normalized spacial score (nSPS) is 26.8. The lowest BCUT2D eigenvalue weighted by atomic mass is 10.0. The molecular formula is C7H10O2. The Balaban J connectivity index is 2.48. The molecule has 1 atom stereocenters. The highest BCUT2D eigenvalue weighted by molar-refractivity contribution is 5.90. The molecule has 0 heterocycles. The fourth-order valence-corrected chi connectivity index (χ4v) is 0.875. The number of hydrogen-bond acceptors (Lipinski definition) is 2. The Labute approximate surface area is 54.5 Å². The van der Waals surface area contributed by atoms with Crippen LogP contribution in [-0.4, -0.2) is 19.0 Å². The van der Waals surface area contributed by atoms with Gasteiger partial charge in [0.1, 0.15) is 0 Å². The summed E-state index contributed by atoms with van der Waals surface area (Å²) in [6.45, 7) is 0. The van der Waals surface area contributed by atoms with Crippen molar-refractivity contribution in [2.45, 2.75) is 18.9 Å². The molecule has 0 radical (unpaired) electrons. The molecule has 0 N–H and O–H groups in total. The van der Waals surface area contributed by atoms with E-state index < -0.39 is 0 Å². The number of carbonyl (C=O) groups excluding carboxylic acids is 1. The Hall–Kier alpha value is -0.630. The van der Waals surface area contributed by atoms with Crippen molar-refractivity contribution in [3.63, 3.8) is 0 Å². The van der Waals surface area contributed by atoms with Crippen LogP contribution in [-0.2, 0) is 9.53 Å². The monoisotopic (exact) mass is 126 g/mol. The van der Waals surface area contributed by atoms with Crippen molar-refractivity contribution < 1.29 is 9.53 Å². The van der Waals surface area contributed by atoms with Crippen molar-refractivity contribution in [2.75, 3.05) is 7.11 Å². The summed E-state index contributed by atoms with van der Waals surface area (Å²) in [7, 11) is 1.66. The third-order valence-corrected chi connectivity index (χ3v) is 1.47. The minimum atomic E-state index is 0.169. The fourth-order valence-electron chi connectivity index (χ4n) is 0.875. The average molecular weight is 126 g/mol. The second-order valence-electron chi connectivity index (χ2n) is 2.14. The highest BCUT2D eigenvalue weighted by Gasteiger charge is 2.10. The third kappa shape index (κ3) is 1.64. The molecule has 1 unspecified atom stereocenters. The zero-order chi connectivity index (χ0) is 6.69. The first-order valence-electron chi connectivity index (χ1n) is 3.07. The minimum Gasteiger partial charge on any atom is -0.377 e. The standard InChI is InChI=1S/C7H10O2/c1-9-7-4-2-6(8)3-5-7/h2,4,7H,3,5H2,1H3. The Morgan fingerprint density at radius 2 is 2.56 bits per heavy atom. The number of ether oxygens (including phenoxy) is 1. The zero-order valence-electron chi connectivity index (χ0n) is 5.46. The van der Waals surface area contributed by atoms with Crippen LogP contribution in [0.15, 0.2) is 12.2 Å². The minimum absolute atomic E-state index is 0.169. The van der Waals surface area contributed by atoms with Crippen LogP contribution in [0.4, 0.5) is 0 Å². The molecule has 0 amide bonds. The summed E-state index contributed by atoms with van der Waals surface area (Å²) < 4.78 is 5.00. The smallest absolute Gasteiger partial charge is 0.155 e. The molecule has 1 rings (SSSR count). The molecule has 2 heteroatoms. The number of hydrogen-bond donors (Lipinski definition) is 0. The maximum Gasteiger partial charge on any atom is 0.155 e. The summed E-state index contributed by atoms with van der Waals surface area (Å²) in [6.07, 6.45) is 5.05. The van der Waals surface area contributed by atoms with Crippen molar-refractivity contribution in [2.24, 2.45) is 0 Å². The Bertz CT molecular complexity index is 138. The van der Waals surface area contributed by atoms with E-state index >= 15 is 0 Å². The lowest BCUT2D eigenvalue weighted by Gasteiger charge is -2.12. The molecule has 0 aromatic rings. The van der Waals surface area contributed by atoms with Crippen molar-refractivity contribution in [3.05, 3.63) is 12.2 Å². The van der Waals surface area contributed by atoms with E-state index in [1.807, 2.05) is 6.08 Å². The highest BCUT2D eigenvalue weighted by Crippen LogP contribution is 2.09. The molecule has 0 bridgehead atoms. The van der Waals surface area contributed by atoms with Crippen molar-refractivity contribution in [1.29, 1.82) is 0 Å². The van der Waals surface area contributed by atoms with Gasteiger partial charge in [0.05, 0.1) is 6.10 Å². The van der Waals surface area contributed by atoms with Crippen LogP contribution in [0.5, 0.6) is 0 Å². The second-order valence-corrected chi connectivity index (χ2v) is 2.14. The van der Waals surface area contributed by atoms with E-state index in [0.717, 1.165) is 6.42 Å². The van der Waals surface area contributed by atoms with E-state index in [1.165, 1.54) is 0 Å². The first-order valence-corrected chi connectivity index (χ1v) is 3.07. The summed E-state index contributed by atoms with van der Waals surface area (Å²) in [6, 6.07) is 0. The van der Waals surface area contributed by atoms with Crippen LogP contribution in [0, 0.1) is 0 Å². The molecule has 2 nitrogen and oxygen atoms in total. The van der Waals surface area contributed by atoms with Crippen LogP contribution in [0.3, 0.4) is 0 Å². The van der Waals surface area contributed by atoms with E-state index in [1.54, 1.807) is 13.2 Å². The Kier molecular flexibility index (Phi) is 2.01. The van der Waals surface area contributed by atoms with Crippen LogP contribution in [0.2, 0.25) is 0 Å². The van der Waals surface area contributed by atoms with Crippen LogP contribution in [0.25, 0.3) is 0 Å². The van der Waals surface area contributed by atoms with Gasteiger partial charge in [-0.15, -0.1) is 0 Å². The van der Waals surface area contributed by atoms with Gasteiger partial charge in [0.25, 0.3) is 0 Å². The Morgan fingerprint density at radius 3 is 3.00 bits per heavy atom. The molecule has 0 aliphatic heterocycles. The van der Waals surface area contributed by atoms with Crippen molar-refractivity contribution >= 4 is 5.78 Å². The van der Waals surface area contributed by atoms with Gasteiger partial charge < -0.3 is 4.74 Å². The summed E-state index contributed by atoms with van der Waals surface area (Å²) >= 11 is 0. The predicted molar refractivity (Wildman–Crippen MR) is 34.2 cm³/mol. The summed E-state index contributed by atoms with van der Waals surface area (Å²) in [5, 5.41) is 0. The summed E-state index contributed by atoms with van der Waals surface area (Å²) in [4.78, 5) is 10.6. The molecule has 1 aliphatic rings. The first kappa shape index (κ1) is 6.49. The highest BCUT2D eigenvalue weighted by atomic mass is 16.5. The molecule has 0 spiro atoms. The van der Waals surface area contributed by atoms with E-state index in [4.69, 9.17) is 4.74 Å². The van der Waals surface area contributed by atoms with E-state index in [9.17, 15) is 4.79 Å². The van der Waals surface area contributed by atoms with Crippen LogP contribution in [0.1, 0.15) is 12.8 Å². The topological polar surface area (TPSA) is 26.3 Å². The van der Waals surface area contributed by atoms with Gasteiger partial charge in [-0.2, -0.15) is 0 Å². The van der Waals surface area contributed by atoms with Gasteiger partial charge in [-0.25, -0.2) is 0 Å². The first-order chi connectivity index (χ1) is 4.33. The van der Waals surface area contributed by atoms with Crippen molar-refractivity contribution in [3.8, 4) is 0 Å². The van der Waals surface area contributed by atoms with Crippen molar-refractivity contribution in [1.82, 2.24) is 0 Å². The van der Waals surface area contributed by atoms with Gasteiger partial charge in [0, 0.05) is 13.5 Å². The largest absolute Gasteiger partial charge is 0.377 e. The fraction of sp³-hybridized carbons (Fsp3) is 0.571. The van der Waals surface area contributed by atoms with Crippen LogP contribution < -0.4 is 0 Å². The number of carbonyl (C=O) groups is 1.